The number of aromatic amines is 1. The van der Waals surface area contributed by atoms with Gasteiger partial charge in [0.2, 0.25) is 17.7 Å². The summed E-state index contributed by atoms with van der Waals surface area (Å²) < 4.78 is 4.54. The molecule has 1 aromatic heterocycles. The maximum atomic E-state index is 13.1. The zero-order chi connectivity index (χ0) is 22.0. The van der Waals surface area contributed by atoms with Gasteiger partial charge in [0, 0.05) is 6.42 Å². The highest BCUT2D eigenvalue weighted by molar-refractivity contribution is 6.23. The fourth-order valence-corrected chi connectivity index (χ4v) is 3.33. The van der Waals surface area contributed by atoms with Gasteiger partial charge in [-0.3, -0.25) is 29.7 Å². The van der Waals surface area contributed by atoms with Crippen LogP contribution in [0.5, 0.6) is 0 Å². The Labute approximate surface area is 176 Å². The first-order valence-electron chi connectivity index (χ1n) is 9.32. The first-order chi connectivity index (χ1) is 15.0. The summed E-state index contributed by atoms with van der Waals surface area (Å²) in [5.74, 6) is -2.91. The topological polar surface area (TPSA) is 134 Å². The van der Waals surface area contributed by atoms with Crippen molar-refractivity contribution >= 4 is 29.6 Å². The molecule has 2 aromatic carbocycles. The molecular weight excluding hydrogens is 402 g/mol. The minimum absolute atomic E-state index is 0.0897. The summed E-state index contributed by atoms with van der Waals surface area (Å²) in [5, 5.41) is 8.58. The molecule has 4 rings (SSSR count). The summed E-state index contributed by atoms with van der Waals surface area (Å²) in [6, 6.07) is 14.2. The molecule has 0 aliphatic carbocycles. The third-order valence-electron chi connectivity index (χ3n) is 4.81. The predicted molar refractivity (Wildman–Crippen MR) is 107 cm³/mol. The van der Waals surface area contributed by atoms with Gasteiger partial charge in [-0.05, 0) is 17.7 Å². The molecule has 10 heteroatoms. The van der Waals surface area contributed by atoms with Gasteiger partial charge in [0.15, 0.2) is 0 Å². The Kier molecular flexibility index (Phi) is 5.27. The number of H-pyrrole nitrogens is 1. The van der Waals surface area contributed by atoms with Gasteiger partial charge in [-0.15, -0.1) is 5.10 Å². The minimum atomic E-state index is -1.16. The molecule has 10 nitrogen and oxygen atoms in total. The van der Waals surface area contributed by atoms with Crippen molar-refractivity contribution in [3.05, 3.63) is 77.1 Å². The highest BCUT2D eigenvalue weighted by Gasteiger charge is 2.42. The zero-order valence-corrected chi connectivity index (χ0v) is 16.4. The molecule has 1 unspecified atom stereocenters. The van der Waals surface area contributed by atoms with E-state index >= 15 is 0 Å². The molecule has 3 amide bonds. The van der Waals surface area contributed by atoms with Crippen molar-refractivity contribution in [2.75, 3.05) is 12.4 Å². The van der Waals surface area contributed by atoms with E-state index in [1.165, 1.54) is 7.11 Å². The number of anilines is 1. The highest BCUT2D eigenvalue weighted by Crippen LogP contribution is 2.26. The number of hydrogen-bond acceptors (Lipinski definition) is 7. The number of aromatic nitrogens is 3. The molecule has 2 heterocycles. The summed E-state index contributed by atoms with van der Waals surface area (Å²) >= 11 is 0. The molecule has 0 spiro atoms. The summed E-state index contributed by atoms with van der Waals surface area (Å²) in [7, 11) is 1.18. The van der Waals surface area contributed by atoms with Crippen molar-refractivity contribution in [1.29, 1.82) is 0 Å². The number of nitrogens with zero attached hydrogens (tertiary/aromatic N) is 3. The Morgan fingerprint density at radius 3 is 2.26 bits per heavy atom. The van der Waals surface area contributed by atoms with Crippen molar-refractivity contribution in [1.82, 2.24) is 20.1 Å². The van der Waals surface area contributed by atoms with Crippen LogP contribution in [0.4, 0.5) is 5.95 Å². The molecule has 1 aliphatic rings. The van der Waals surface area contributed by atoms with E-state index in [-0.39, 0.29) is 29.3 Å². The first kappa shape index (κ1) is 20.0. The van der Waals surface area contributed by atoms with E-state index in [0.717, 1.165) is 10.5 Å². The summed E-state index contributed by atoms with van der Waals surface area (Å²) in [6.45, 7) is 0. The van der Waals surface area contributed by atoms with Gasteiger partial charge in [0.05, 0.1) is 18.2 Å². The second kappa shape index (κ2) is 8.19. The van der Waals surface area contributed by atoms with Gasteiger partial charge in [-0.25, -0.2) is 4.79 Å². The number of esters is 1. The van der Waals surface area contributed by atoms with Crippen LogP contribution in [0, 0.1) is 0 Å². The van der Waals surface area contributed by atoms with Crippen molar-refractivity contribution < 1.29 is 23.9 Å². The number of nitrogens with one attached hydrogen (secondary N) is 2. The Hall–Kier alpha value is -4.34. The van der Waals surface area contributed by atoms with Crippen LogP contribution in [-0.2, 0) is 16.0 Å². The number of fused-ring (bicyclic) bond motifs is 1. The van der Waals surface area contributed by atoms with Crippen molar-refractivity contribution in [2.24, 2.45) is 0 Å². The average molecular weight is 419 g/mol. The van der Waals surface area contributed by atoms with E-state index in [0.29, 0.717) is 0 Å². The van der Waals surface area contributed by atoms with E-state index in [4.69, 9.17) is 0 Å². The van der Waals surface area contributed by atoms with E-state index in [1.807, 2.05) is 6.07 Å². The number of imide groups is 1. The first-order valence-corrected chi connectivity index (χ1v) is 9.32. The van der Waals surface area contributed by atoms with Crippen LogP contribution in [0.3, 0.4) is 0 Å². The Morgan fingerprint density at radius 1 is 1.03 bits per heavy atom. The molecule has 2 N–H and O–H groups in total. The second-order valence-corrected chi connectivity index (χ2v) is 6.72. The van der Waals surface area contributed by atoms with Crippen molar-refractivity contribution in [3.63, 3.8) is 0 Å². The molecule has 0 saturated heterocycles. The lowest BCUT2D eigenvalue weighted by molar-refractivity contribution is -0.120. The Morgan fingerprint density at radius 2 is 1.65 bits per heavy atom. The van der Waals surface area contributed by atoms with Crippen LogP contribution >= 0.6 is 0 Å². The van der Waals surface area contributed by atoms with Gasteiger partial charge in [-0.2, -0.15) is 4.98 Å². The number of ether oxygens (including phenoxy) is 1. The van der Waals surface area contributed by atoms with Crippen molar-refractivity contribution in [2.45, 2.75) is 12.5 Å². The Bertz CT molecular complexity index is 1140. The number of benzene rings is 2. The SMILES string of the molecule is COC(=O)c1nc(NC(=O)C(Cc2ccccc2)N2C(=O)c3ccccc3C2=O)n[nH]1. The van der Waals surface area contributed by atoms with Gasteiger partial charge in [0.25, 0.3) is 11.8 Å². The van der Waals surface area contributed by atoms with Crippen molar-refractivity contribution in [3.8, 4) is 0 Å². The fraction of sp³-hybridized carbons (Fsp3) is 0.143. The van der Waals surface area contributed by atoms with Crippen LogP contribution in [0.2, 0.25) is 0 Å². The fourth-order valence-electron chi connectivity index (χ4n) is 3.33. The summed E-state index contributed by atoms with van der Waals surface area (Å²) in [6.07, 6.45) is 0.0897. The third kappa shape index (κ3) is 3.78. The smallest absolute Gasteiger partial charge is 0.375 e. The lowest BCUT2D eigenvalue weighted by Crippen LogP contribution is -2.48. The summed E-state index contributed by atoms with van der Waals surface area (Å²) in [4.78, 5) is 55.4. The molecule has 0 radical (unpaired) electrons. The number of rotatable bonds is 6. The minimum Gasteiger partial charge on any atom is -0.463 e. The normalized spacial score (nSPS) is 13.6. The van der Waals surface area contributed by atoms with Gasteiger partial charge >= 0.3 is 5.97 Å². The molecule has 0 bridgehead atoms. The zero-order valence-electron chi connectivity index (χ0n) is 16.4. The van der Waals surface area contributed by atoms with E-state index in [9.17, 15) is 19.2 Å². The lowest BCUT2D eigenvalue weighted by atomic mass is 10.0. The number of methoxy groups -OCH3 is 1. The number of carbonyl (C=O) groups is 4. The largest absolute Gasteiger partial charge is 0.463 e. The molecule has 0 fully saturated rings. The second-order valence-electron chi connectivity index (χ2n) is 6.72. The molecule has 0 saturated carbocycles. The highest BCUT2D eigenvalue weighted by atomic mass is 16.5. The van der Waals surface area contributed by atoms with E-state index in [2.05, 4.69) is 25.2 Å². The van der Waals surface area contributed by atoms with Gasteiger partial charge in [-0.1, -0.05) is 42.5 Å². The van der Waals surface area contributed by atoms with Crippen LogP contribution in [0.25, 0.3) is 0 Å². The molecule has 156 valence electrons. The third-order valence-corrected chi connectivity index (χ3v) is 4.81. The number of hydrogen-bond donors (Lipinski definition) is 2. The van der Waals surface area contributed by atoms with Crippen LogP contribution in [-0.4, -0.2) is 56.9 Å². The molecule has 3 aromatic rings. The van der Waals surface area contributed by atoms with Crippen LogP contribution in [0.15, 0.2) is 54.6 Å². The quantitative estimate of drug-likeness (QED) is 0.456. The van der Waals surface area contributed by atoms with Crippen LogP contribution in [0.1, 0.15) is 36.9 Å². The standard InChI is InChI=1S/C21H17N5O5/c1-31-20(30)16-22-21(25-24-16)23-17(27)15(11-12-7-3-2-4-8-12)26-18(28)13-9-5-6-10-14(13)19(26)29/h2-10,15H,11H2,1H3,(H2,22,23,24,25,27). The molecule has 1 aliphatic heterocycles. The molecule has 31 heavy (non-hydrogen) atoms. The summed E-state index contributed by atoms with van der Waals surface area (Å²) in [5.41, 5.74) is 1.23. The number of carbonyl (C=O) groups excluding carboxylic acids is 4. The van der Waals surface area contributed by atoms with Gasteiger partial charge in [0.1, 0.15) is 6.04 Å². The van der Waals surface area contributed by atoms with Gasteiger partial charge < -0.3 is 4.74 Å². The maximum absolute atomic E-state index is 13.1. The average Bonchev–Trinajstić information content (AvgIpc) is 3.35. The lowest BCUT2D eigenvalue weighted by Gasteiger charge is -2.25. The van der Waals surface area contributed by atoms with E-state index < -0.39 is 29.7 Å². The monoisotopic (exact) mass is 419 g/mol. The number of amides is 3. The molecule has 1 atom stereocenters. The van der Waals surface area contributed by atoms with E-state index in [1.54, 1.807) is 48.5 Å². The molecular formula is C21H17N5O5. The van der Waals surface area contributed by atoms with Crippen LogP contribution < -0.4 is 5.32 Å². The predicted octanol–water partition coefficient (Wildman–Crippen LogP) is 1.44. The Balaban J connectivity index is 1.64. The maximum Gasteiger partial charge on any atom is 0.375 e.